The lowest BCUT2D eigenvalue weighted by Crippen LogP contribution is -2.36. The molecular formula is C18H18ClN5O. The van der Waals surface area contributed by atoms with E-state index in [-0.39, 0.29) is 6.03 Å². The fourth-order valence-electron chi connectivity index (χ4n) is 2.36. The second kappa shape index (κ2) is 8.30. The van der Waals surface area contributed by atoms with Crippen molar-refractivity contribution in [2.75, 3.05) is 6.54 Å². The molecule has 0 radical (unpaired) electrons. The number of nitrogens with zero attached hydrogens (tertiary/aromatic N) is 3. The summed E-state index contributed by atoms with van der Waals surface area (Å²) in [5.41, 5.74) is 1.98. The highest BCUT2D eigenvalue weighted by Gasteiger charge is 2.04. The highest BCUT2D eigenvalue weighted by atomic mass is 35.5. The molecule has 3 rings (SSSR count). The summed E-state index contributed by atoms with van der Waals surface area (Å²) in [5, 5.41) is 6.38. The number of benzene rings is 1. The van der Waals surface area contributed by atoms with Crippen molar-refractivity contribution in [3.8, 4) is 5.82 Å². The maximum Gasteiger partial charge on any atom is 0.315 e. The number of rotatable bonds is 6. The highest BCUT2D eigenvalue weighted by Crippen LogP contribution is 2.14. The van der Waals surface area contributed by atoms with E-state index in [1.54, 1.807) is 18.7 Å². The van der Waals surface area contributed by atoms with Crippen molar-refractivity contribution in [2.24, 2.45) is 0 Å². The van der Waals surface area contributed by atoms with E-state index < -0.39 is 0 Å². The number of amides is 2. The van der Waals surface area contributed by atoms with Crippen LogP contribution in [0.2, 0.25) is 5.02 Å². The first-order chi connectivity index (χ1) is 12.2. The number of carbonyl (C=O) groups is 1. The molecule has 3 aromatic rings. The van der Waals surface area contributed by atoms with E-state index >= 15 is 0 Å². The molecule has 2 aromatic heterocycles. The highest BCUT2D eigenvalue weighted by molar-refractivity contribution is 6.31. The van der Waals surface area contributed by atoms with E-state index in [2.05, 4.69) is 20.6 Å². The normalized spacial score (nSPS) is 10.4. The van der Waals surface area contributed by atoms with Gasteiger partial charge in [-0.05, 0) is 35.7 Å². The quantitative estimate of drug-likeness (QED) is 0.714. The van der Waals surface area contributed by atoms with Gasteiger partial charge in [-0.15, -0.1) is 0 Å². The number of carbonyl (C=O) groups excluding carboxylic acids is 1. The summed E-state index contributed by atoms with van der Waals surface area (Å²) in [6.45, 7) is 0.939. The van der Waals surface area contributed by atoms with Crippen LogP contribution in [0, 0.1) is 0 Å². The topological polar surface area (TPSA) is 71.8 Å². The van der Waals surface area contributed by atoms with E-state index in [0.717, 1.165) is 16.9 Å². The number of hydrogen-bond acceptors (Lipinski definition) is 3. The summed E-state index contributed by atoms with van der Waals surface area (Å²) in [7, 11) is 0. The molecule has 0 saturated heterocycles. The first-order valence-corrected chi connectivity index (χ1v) is 8.28. The lowest BCUT2D eigenvalue weighted by molar-refractivity contribution is 0.240. The van der Waals surface area contributed by atoms with Crippen molar-refractivity contribution in [3.63, 3.8) is 0 Å². The van der Waals surface area contributed by atoms with E-state index in [4.69, 9.17) is 11.6 Å². The molecule has 0 fully saturated rings. The number of nitrogens with one attached hydrogen (secondary N) is 2. The van der Waals surface area contributed by atoms with Gasteiger partial charge >= 0.3 is 6.03 Å². The Balaban J connectivity index is 1.46. The fourth-order valence-corrected chi connectivity index (χ4v) is 2.59. The van der Waals surface area contributed by atoms with Gasteiger partial charge in [-0.1, -0.05) is 29.8 Å². The Labute approximate surface area is 150 Å². The molecule has 0 aliphatic rings. The van der Waals surface area contributed by atoms with Crippen LogP contribution >= 0.6 is 11.6 Å². The molecule has 25 heavy (non-hydrogen) atoms. The third-order valence-corrected chi connectivity index (χ3v) is 4.04. The maximum atomic E-state index is 11.9. The molecule has 0 aliphatic carbocycles. The zero-order chi connectivity index (χ0) is 17.5. The lowest BCUT2D eigenvalue weighted by atomic mass is 10.1. The minimum Gasteiger partial charge on any atom is -0.338 e. The molecule has 1 aromatic carbocycles. The fraction of sp³-hybridized carbons (Fsp3) is 0.167. The second-order valence-electron chi connectivity index (χ2n) is 5.44. The summed E-state index contributed by atoms with van der Waals surface area (Å²) in [4.78, 5) is 20.2. The smallest absolute Gasteiger partial charge is 0.315 e. The Bertz CT molecular complexity index is 835. The third-order valence-electron chi connectivity index (χ3n) is 3.67. The molecule has 6 nitrogen and oxygen atoms in total. The van der Waals surface area contributed by atoms with Crippen LogP contribution in [0.4, 0.5) is 4.79 Å². The van der Waals surface area contributed by atoms with Crippen LogP contribution in [0.25, 0.3) is 5.82 Å². The molecule has 0 aliphatic heterocycles. The number of pyridine rings is 1. The molecule has 2 N–H and O–H groups in total. The van der Waals surface area contributed by atoms with Crippen molar-refractivity contribution in [2.45, 2.75) is 13.0 Å². The van der Waals surface area contributed by atoms with Crippen LogP contribution in [0.3, 0.4) is 0 Å². The van der Waals surface area contributed by atoms with Crippen LogP contribution < -0.4 is 10.6 Å². The van der Waals surface area contributed by atoms with Crippen molar-refractivity contribution in [1.82, 2.24) is 25.2 Å². The summed E-state index contributed by atoms with van der Waals surface area (Å²) in [5.74, 6) is 0.760. The van der Waals surface area contributed by atoms with Crippen LogP contribution in [0.5, 0.6) is 0 Å². The van der Waals surface area contributed by atoms with Crippen molar-refractivity contribution in [3.05, 3.63) is 77.5 Å². The molecular weight excluding hydrogens is 338 g/mol. The van der Waals surface area contributed by atoms with Crippen LogP contribution in [-0.2, 0) is 13.0 Å². The molecule has 2 heterocycles. The van der Waals surface area contributed by atoms with Crippen LogP contribution in [0.1, 0.15) is 11.1 Å². The van der Waals surface area contributed by atoms with Gasteiger partial charge in [0, 0.05) is 36.7 Å². The second-order valence-corrected chi connectivity index (χ2v) is 5.85. The molecule has 128 valence electrons. The third kappa shape index (κ3) is 4.81. The van der Waals surface area contributed by atoms with Crippen molar-refractivity contribution in [1.29, 1.82) is 0 Å². The average Bonchev–Trinajstić information content (AvgIpc) is 3.17. The SMILES string of the molecule is O=C(NCCc1ccccc1Cl)NCc1ccnc(-n2ccnc2)c1. The van der Waals surface area contributed by atoms with Gasteiger partial charge in [-0.2, -0.15) is 0 Å². The molecule has 0 saturated carbocycles. The Hall–Kier alpha value is -2.86. The van der Waals surface area contributed by atoms with E-state index in [1.165, 1.54) is 0 Å². The molecule has 2 amide bonds. The molecule has 7 heteroatoms. The van der Waals surface area contributed by atoms with E-state index in [1.807, 2.05) is 47.2 Å². The Morgan fingerprint density at radius 3 is 2.84 bits per heavy atom. The lowest BCUT2D eigenvalue weighted by Gasteiger charge is -2.09. The summed E-state index contributed by atoms with van der Waals surface area (Å²) >= 11 is 6.10. The largest absolute Gasteiger partial charge is 0.338 e. The van der Waals surface area contributed by atoms with Gasteiger partial charge in [0.1, 0.15) is 12.1 Å². The number of aromatic nitrogens is 3. The van der Waals surface area contributed by atoms with Gasteiger partial charge in [-0.3, -0.25) is 4.57 Å². The maximum absolute atomic E-state index is 11.9. The van der Waals surface area contributed by atoms with E-state index in [0.29, 0.717) is 24.5 Å². The van der Waals surface area contributed by atoms with Gasteiger partial charge < -0.3 is 10.6 Å². The summed E-state index contributed by atoms with van der Waals surface area (Å²) in [6, 6.07) is 11.2. The van der Waals surface area contributed by atoms with Crippen LogP contribution in [0.15, 0.2) is 61.3 Å². The standard InChI is InChI=1S/C18H18ClN5O/c19-16-4-2-1-3-15(16)6-8-22-18(25)23-12-14-5-7-21-17(11-14)24-10-9-20-13-24/h1-5,7,9-11,13H,6,8,12H2,(H2,22,23,25). The molecule has 0 bridgehead atoms. The van der Waals surface area contributed by atoms with Gasteiger partial charge in [0.25, 0.3) is 0 Å². The molecule has 0 unspecified atom stereocenters. The van der Waals surface area contributed by atoms with E-state index in [9.17, 15) is 4.79 Å². The average molecular weight is 356 g/mol. The molecule has 0 spiro atoms. The Morgan fingerprint density at radius 1 is 1.16 bits per heavy atom. The zero-order valence-electron chi connectivity index (χ0n) is 13.5. The predicted octanol–water partition coefficient (Wildman–Crippen LogP) is 2.96. The Kier molecular flexibility index (Phi) is 5.64. The van der Waals surface area contributed by atoms with Gasteiger partial charge in [0.05, 0.1) is 0 Å². The van der Waals surface area contributed by atoms with Crippen LogP contribution in [-0.4, -0.2) is 27.1 Å². The monoisotopic (exact) mass is 355 g/mol. The van der Waals surface area contributed by atoms with Gasteiger partial charge in [-0.25, -0.2) is 14.8 Å². The van der Waals surface area contributed by atoms with Crippen molar-refractivity contribution < 1.29 is 4.79 Å². The number of imidazole rings is 1. The number of urea groups is 1. The molecule has 0 atom stereocenters. The number of halogens is 1. The summed E-state index contributed by atoms with van der Waals surface area (Å²) < 4.78 is 1.81. The summed E-state index contributed by atoms with van der Waals surface area (Å²) in [6.07, 6.45) is 7.59. The first-order valence-electron chi connectivity index (χ1n) is 7.91. The zero-order valence-corrected chi connectivity index (χ0v) is 14.3. The minimum atomic E-state index is -0.215. The van der Waals surface area contributed by atoms with Crippen molar-refractivity contribution >= 4 is 17.6 Å². The Morgan fingerprint density at radius 2 is 2.04 bits per heavy atom. The van der Waals surface area contributed by atoms with Gasteiger partial charge in [0.15, 0.2) is 0 Å². The minimum absolute atomic E-state index is 0.215. The predicted molar refractivity (Wildman–Crippen MR) is 96.8 cm³/mol. The van der Waals surface area contributed by atoms with Gasteiger partial charge in [0.2, 0.25) is 0 Å². The first kappa shape index (κ1) is 17.0. The number of hydrogen-bond donors (Lipinski definition) is 2.